The number of nitrogens with zero attached hydrogens (tertiary/aromatic N) is 3. The van der Waals surface area contributed by atoms with Crippen molar-refractivity contribution >= 4 is 21.8 Å². The number of halogens is 9. The highest BCUT2D eigenvalue weighted by Crippen LogP contribution is 2.47. The van der Waals surface area contributed by atoms with Crippen molar-refractivity contribution in [2.45, 2.75) is 39.3 Å². The second-order valence-corrected chi connectivity index (χ2v) is 19.0. The molecular weight excluding hydrogens is 982 g/mol. The zero-order valence-corrected chi connectivity index (χ0v) is 40.8. The molecule has 0 saturated carbocycles. The van der Waals surface area contributed by atoms with Crippen LogP contribution >= 0.6 is 0 Å². The van der Waals surface area contributed by atoms with Gasteiger partial charge in [0.2, 0.25) is 0 Å². The number of aryl methyl sites for hydroxylation is 3. The number of benzene rings is 9. The highest BCUT2D eigenvalue weighted by molar-refractivity contribution is 6.13. The van der Waals surface area contributed by atoms with Gasteiger partial charge in [-0.2, -0.15) is 39.5 Å². The molecular formula is C64H42F9N3. The molecule has 2 aromatic heterocycles. The summed E-state index contributed by atoms with van der Waals surface area (Å²) in [5.74, 6) is 0.416. The number of hydrogen-bond acceptors (Lipinski definition) is 2. The minimum absolute atomic E-state index is 0.211. The number of aromatic nitrogens is 3. The molecule has 11 rings (SSSR count). The van der Waals surface area contributed by atoms with Crippen LogP contribution < -0.4 is 0 Å². The fraction of sp³-hybridized carbons (Fsp3) is 0.0938. The van der Waals surface area contributed by atoms with Gasteiger partial charge in [0.05, 0.1) is 44.8 Å². The largest absolute Gasteiger partial charge is 0.416 e. The Labute approximate surface area is 431 Å². The van der Waals surface area contributed by atoms with E-state index in [-0.39, 0.29) is 16.7 Å². The summed E-state index contributed by atoms with van der Waals surface area (Å²) in [6.07, 6.45) is -14.0. The van der Waals surface area contributed by atoms with Crippen LogP contribution in [0.3, 0.4) is 0 Å². The molecule has 0 aliphatic rings. The molecule has 0 spiro atoms. The van der Waals surface area contributed by atoms with E-state index in [1.165, 1.54) is 6.07 Å². The van der Waals surface area contributed by atoms with E-state index < -0.39 is 35.2 Å². The summed E-state index contributed by atoms with van der Waals surface area (Å²) in [6.45, 7) is 5.08. The quantitative estimate of drug-likeness (QED) is 0.142. The topological polar surface area (TPSA) is 30.7 Å². The first-order valence-corrected chi connectivity index (χ1v) is 24.2. The maximum Gasteiger partial charge on any atom is 0.416 e. The van der Waals surface area contributed by atoms with Gasteiger partial charge in [0.1, 0.15) is 0 Å². The van der Waals surface area contributed by atoms with Gasteiger partial charge in [-0.05, 0) is 144 Å². The van der Waals surface area contributed by atoms with E-state index in [0.717, 1.165) is 53.1 Å². The van der Waals surface area contributed by atoms with Crippen LogP contribution in [-0.4, -0.2) is 14.5 Å². The smallest absolute Gasteiger partial charge is 0.308 e. The van der Waals surface area contributed by atoms with Crippen molar-refractivity contribution in [1.29, 1.82) is 0 Å². The Balaban J connectivity index is 1.27. The molecule has 376 valence electrons. The predicted molar refractivity (Wildman–Crippen MR) is 284 cm³/mol. The molecule has 0 aliphatic heterocycles. The second kappa shape index (κ2) is 18.9. The molecule has 0 amide bonds. The summed E-state index contributed by atoms with van der Waals surface area (Å²) in [6, 6.07) is 55.4. The highest BCUT2D eigenvalue weighted by atomic mass is 19.4. The first-order valence-electron chi connectivity index (χ1n) is 24.2. The molecule has 0 radical (unpaired) electrons. The van der Waals surface area contributed by atoms with Gasteiger partial charge in [-0.1, -0.05) is 127 Å². The fourth-order valence-electron chi connectivity index (χ4n) is 10.1. The summed E-state index contributed by atoms with van der Waals surface area (Å²) >= 11 is 0. The minimum Gasteiger partial charge on any atom is -0.308 e. The highest BCUT2D eigenvalue weighted by Gasteiger charge is 2.34. The van der Waals surface area contributed by atoms with E-state index in [0.29, 0.717) is 89.2 Å². The fourth-order valence-corrected chi connectivity index (χ4v) is 10.1. The number of fused-ring (bicyclic) bond motifs is 3. The molecule has 0 atom stereocenters. The molecule has 76 heavy (non-hydrogen) atoms. The zero-order valence-electron chi connectivity index (χ0n) is 40.8. The molecule has 12 heteroatoms. The first kappa shape index (κ1) is 49.4. The number of alkyl halides is 9. The van der Waals surface area contributed by atoms with Gasteiger partial charge in [-0.25, -0.2) is 9.97 Å². The second-order valence-electron chi connectivity index (χ2n) is 19.0. The predicted octanol–water partition coefficient (Wildman–Crippen LogP) is 19.2. The summed E-state index contributed by atoms with van der Waals surface area (Å²) < 4.78 is 132. The van der Waals surface area contributed by atoms with Gasteiger partial charge in [0, 0.05) is 38.6 Å². The van der Waals surface area contributed by atoms with Crippen molar-refractivity contribution in [2.24, 2.45) is 0 Å². The standard InChI is InChI=1S/C64H42F9N3/c1-37-12-10-17-44(24-37)52-34-48(57-36-56(40-13-6-4-7-14-40)74-61(75-57)41-15-8-5-9-16-41)35-53(45-18-11-19-49(29-45)62(65,66)67)60(52)76-58-22-20-42(46-25-38(2)27-50(30-46)63(68,69)70)32-54(58)55-33-43(21-23-59(55)76)47-26-39(3)28-51(31-47)64(71,72)73/h4-36H,1-3H3. The Morgan fingerprint density at radius 1 is 0.316 bits per heavy atom. The van der Waals surface area contributed by atoms with E-state index in [1.807, 2.05) is 115 Å². The molecule has 11 aromatic rings. The third kappa shape index (κ3) is 9.62. The Bertz CT molecular complexity index is 3860. The SMILES string of the molecule is Cc1cccc(-c2cc(-c3cc(-c4ccccc4)nc(-c4ccccc4)n3)cc(-c3cccc(C(F)(F)F)c3)c2-n2c3ccc(-c4cc(C)cc(C(F)(F)F)c4)cc3c3cc(-c4cc(C)cc(C(F)(F)F)c4)ccc32)c1. The van der Waals surface area contributed by atoms with E-state index in [1.54, 1.807) is 68.4 Å². The van der Waals surface area contributed by atoms with Crippen LogP contribution in [0.25, 0.3) is 106 Å². The van der Waals surface area contributed by atoms with Gasteiger partial charge in [0.15, 0.2) is 5.82 Å². The van der Waals surface area contributed by atoms with Crippen LogP contribution in [0.5, 0.6) is 0 Å². The Morgan fingerprint density at radius 2 is 0.750 bits per heavy atom. The normalized spacial score (nSPS) is 12.2. The van der Waals surface area contributed by atoms with Crippen LogP contribution in [0.1, 0.15) is 33.4 Å². The van der Waals surface area contributed by atoms with Crippen LogP contribution in [0.2, 0.25) is 0 Å². The van der Waals surface area contributed by atoms with Crippen molar-refractivity contribution in [3.05, 3.63) is 234 Å². The monoisotopic (exact) mass is 1020 g/mol. The van der Waals surface area contributed by atoms with Crippen molar-refractivity contribution in [1.82, 2.24) is 14.5 Å². The van der Waals surface area contributed by atoms with Crippen LogP contribution in [0, 0.1) is 20.8 Å². The number of hydrogen-bond donors (Lipinski definition) is 0. The molecule has 3 nitrogen and oxygen atoms in total. The molecule has 0 bridgehead atoms. The molecule has 0 aliphatic carbocycles. The summed E-state index contributed by atoms with van der Waals surface area (Å²) in [7, 11) is 0. The molecule has 0 N–H and O–H groups in total. The Kier molecular flexibility index (Phi) is 12.3. The van der Waals surface area contributed by atoms with Crippen LogP contribution in [-0.2, 0) is 18.5 Å². The van der Waals surface area contributed by atoms with Crippen LogP contribution in [0.4, 0.5) is 39.5 Å². The van der Waals surface area contributed by atoms with Gasteiger partial charge in [0.25, 0.3) is 0 Å². The van der Waals surface area contributed by atoms with Crippen molar-refractivity contribution in [3.63, 3.8) is 0 Å². The van der Waals surface area contributed by atoms with E-state index >= 15 is 0 Å². The third-order valence-corrected chi connectivity index (χ3v) is 13.5. The van der Waals surface area contributed by atoms with Gasteiger partial charge < -0.3 is 4.57 Å². The lowest BCUT2D eigenvalue weighted by molar-refractivity contribution is -0.138. The van der Waals surface area contributed by atoms with E-state index in [2.05, 4.69) is 0 Å². The van der Waals surface area contributed by atoms with Gasteiger partial charge in [-0.15, -0.1) is 0 Å². The Hall–Kier alpha value is -8.77. The molecule has 0 fully saturated rings. The van der Waals surface area contributed by atoms with Crippen molar-refractivity contribution in [2.75, 3.05) is 0 Å². The maximum atomic E-state index is 14.9. The van der Waals surface area contributed by atoms with E-state index in [4.69, 9.17) is 9.97 Å². The molecule has 9 aromatic carbocycles. The van der Waals surface area contributed by atoms with Crippen molar-refractivity contribution in [3.8, 4) is 84.1 Å². The van der Waals surface area contributed by atoms with E-state index in [9.17, 15) is 39.5 Å². The molecule has 2 heterocycles. The Morgan fingerprint density at radius 3 is 1.25 bits per heavy atom. The lowest BCUT2D eigenvalue weighted by atomic mass is 9.90. The minimum atomic E-state index is -4.72. The summed E-state index contributed by atoms with van der Waals surface area (Å²) in [5, 5.41) is 1.05. The molecule has 0 saturated heterocycles. The summed E-state index contributed by atoms with van der Waals surface area (Å²) in [5.41, 5.74) is 7.05. The van der Waals surface area contributed by atoms with Crippen LogP contribution in [0.15, 0.2) is 200 Å². The molecule has 0 unspecified atom stereocenters. The average Bonchev–Trinajstić information content (AvgIpc) is 3.74. The van der Waals surface area contributed by atoms with Crippen molar-refractivity contribution < 1.29 is 39.5 Å². The van der Waals surface area contributed by atoms with Gasteiger partial charge >= 0.3 is 18.5 Å². The number of rotatable bonds is 8. The first-order chi connectivity index (χ1) is 36.2. The van der Waals surface area contributed by atoms with Gasteiger partial charge in [-0.3, -0.25) is 0 Å². The zero-order chi connectivity index (χ0) is 53.3. The third-order valence-electron chi connectivity index (χ3n) is 13.5. The maximum absolute atomic E-state index is 14.9. The lowest BCUT2D eigenvalue weighted by Crippen LogP contribution is -2.06. The summed E-state index contributed by atoms with van der Waals surface area (Å²) in [4.78, 5) is 10.1. The lowest BCUT2D eigenvalue weighted by Gasteiger charge is -2.22. The average molecular weight is 1020 g/mol.